The average molecular weight is 632 g/mol. The van der Waals surface area contributed by atoms with E-state index in [1.54, 1.807) is 36.4 Å². The number of aryl methyl sites for hydroxylation is 1. The Morgan fingerprint density at radius 1 is 0.674 bits per heavy atom. The van der Waals surface area contributed by atoms with Crippen LogP contribution in [0.5, 0.6) is 0 Å². The molecule has 4 rings (SSSR count). The highest BCUT2D eigenvalue weighted by molar-refractivity contribution is 5.99. The van der Waals surface area contributed by atoms with Crippen LogP contribution in [-0.4, -0.2) is 91.5 Å². The molecule has 1 saturated heterocycles. The van der Waals surface area contributed by atoms with E-state index in [-0.39, 0.29) is 12.8 Å². The lowest BCUT2D eigenvalue weighted by Crippen LogP contribution is -2.58. The zero-order chi connectivity index (χ0) is 32.7. The smallest absolute Gasteiger partial charge is 0.249 e. The monoisotopic (exact) mass is 631 g/mol. The van der Waals surface area contributed by atoms with Gasteiger partial charge in [-0.05, 0) is 41.8 Å². The molecule has 1 aliphatic heterocycles. The predicted octanol–water partition coefficient (Wildman–Crippen LogP) is 0.776. The lowest BCUT2D eigenvalue weighted by Gasteiger charge is -2.29. The Labute approximate surface area is 268 Å². The number of nitrogens with zero attached hydrogens (tertiary/aromatic N) is 1. The zero-order valence-electron chi connectivity index (χ0n) is 25.6. The summed E-state index contributed by atoms with van der Waals surface area (Å²) in [5.41, 5.74) is 3.15. The summed E-state index contributed by atoms with van der Waals surface area (Å²) in [4.78, 5) is 54.3. The molecule has 0 aromatic heterocycles. The van der Waals surface area contributed by atoms with Gasteiger partial charge in [0.05, 0.1) is 26.4 Å². The predicted molar refractivity (Wildman–Crippen MR) is 173 cm³/mol. The highest BCUT2D eigenvalue weighted by Gasteiger charge is 2.29. The number of morpholine rings is 1. The van der Waals surface area contributed by atoms with Crippen molar-refractivity contribution < 1.29 is 34.1 Å². The molecule has 0 spiro atoms. The third kappa shape index (κ3) is 10.4. The number of nitrogens with one attached hydrogen (secondary N) is 4. The Morgan fingerprint density at radius 2 is 1.22 bits per heavy atom. The van der Waals surface area contributed by atoms with Crippen molar-refractivity contribution in [3.8, 4) is 0 Å². The van der Waals surface area contributed by atoms with Crippen LogP contribution in [0.2, 0.25) is 0 Å². The second-order valence-electron chi connectivity index (χ2n) is 10.9. The molecule has 1 aliphatic rings. The van der Waals surface area contributed by atoms with Gasteiger partial charge in [-0.25, -0.2) is 0 Å². The number of anilines is 2. The summed E-state index contributed by atoms with van der Waals surface area (Å²) >= 11 is 0. The Bertz CT molecular complexity index is 1420. The summed E-state index contributed by atoms with van der Waals surface area (Å²) in [6.07, 6.45) is 0.611. The minimum absolute atomic E-state index is 0.0568. The van der Waals surface area contributed by atoms with Crippen molar-refractivity contribution in [2.24, 2.45) is 0 Å². The molecule has 244 valence electrons. The standard InChI is InChI=1S/C34H41N5O7/c40-22-29(36-31(42)16-11-24-7-3-1-4-8-24)34(45)37-28(21-25-9-5-2-6-10-25)32(43)38-30(23-41)33(44)35-26-12-14-27(15-13-26)39-17-19-46-20-18-39/h1-10,12-15,28-30,40-41H,11,16-23H2,(H,35,44)(H,36,42)(H,37,45)(H,38,43)/t28-,29-,30-/m0/s1. The molecule has 3 atom stereocenters. The number of hydrogen-bond acceptors (Lipinski definition) is 8. The molecule has 46 heavy (non-hydrogen) atoms. The summed E-state index contributed by atoms with van der Waals surface area (Å²) in [5, 5.41) is 30.2. The van der Waals surface area contributed by atoms with Crippen molar-refractivity contribution >= 4 is 35.0 Å². The molecule has 12 heteroatoms. The number of rotatable bonds is 15. The highest BCUT2D eigenvalue weighted by Crippen LogP contribution is 2.19. The lowest BCUT2D eigenvalue weighted by molar-refractivity contribution is -0.134. The van der Waals surface area contributed by atoms with Crippen LogP contribution in [0.1, 0.15) is 17.5 Å². The summed E-state index contributed by atoms with van der Waals surface area (Å²) in [6, 6.07) is 21.7. The van der Waals surface area contributed by atoms with Gasteiger partial charge in [0, 0.05) is 37.3 Å². The molecule has 0 bridgehead atoms. The van der Waals surface area contributed by atoms with E-state index in [2.05, 4.69) is 26.2 Å². The number of aliphatic hydroxyl groups is 2. The number of carbonyl (C=O) groups excluding carboxylic acids is 4. The Kier molecular flexibility index (Phi) is 13.1. The summed E-state index contributed by atoms with van der Waals surface area (Å²) < 4.78 is 5.39. The van der Waals surface area contributed by atoms with Crippen molar-refractivity contribution in [3.05, 3.63) is 96.1 Å². The number of aliphatic hydroxyl groups excluding tert-OH is 2. The quantitative estimate of drug-likeness (QED) is 0.143. The molecule has 4 amide bonds. The molecule has 0 unspecified atom stereocenters. The number of amides is 4. The van der Waals surface area contributed by atoms with Gasteiger partial charge in [-0.15, -0.1) is 0 Å². The first-order valence-electron chi connectivity index (χ1n) is 15.3. The summed E-state index contributed by atoms with van der Waals surface area (Å²) in [5.74, 6) is -2.56. The fourth-order valence-electron chi connectivity index (χ4n) is 4.97. The topological polar surface area (TPSA) is 169 Å². The van der Waals surface area contributed by atoms with Crippen LogP contribution in [0.25, 0.3) is 0 Å². The summed E-state index contributed by atoms with van der Waals surface area (Å²) in [7, 11) is 0. The molecule has 12 nitrogen and oxygen atoms in total. The largest absolute Gasteiger partial charge is 0.394 e. The van der Waals surface area contributed by atoms with E-state index in [9.17, 15) is 29.4 Å². The van der Waals surface area contributed by atoms with Crippen LogP contribution >= 0.6 is 0 Å². The van der Waals surface area contributed by atoms with Gasteiger partial charge in [-0.1, -0.05) is 60.7 Å². The van der Waals surface area contributed by atoms with Crippen LogP contribution in [0.15, 0.2) is 84.9 Å². The maximum Gasteiger partial charge on any atom is 0.249 e. The average Bonchev–Trinajstić information content (AvgIpc) is 3.09. The van der Waals surface area contributed by atoms with E-state index in [0.29, 0.717) is 25.3 Å². The molecule has 1 fully saturated rings. The molecule has 6 N–H and O–H groups in total. The summed E-state index contributed by atoms with van der Waals surface area (Å²) in [6.45, 7) is 1.45. The van der Waals surface area contributed by atoms with Crippen molar-refractivity contribution in [2.45, 2.75) is 37.4 Å². The number of carbonyl (C=O) groups is 4. The van der Waals surface area contributed by atoms with Gasteiger partial charge in [-0.3, -0.25) is 19.2 Å². The van der Waals surface area contributed by atoms with Crippen molar-refractivity contribution in [2.75, 3.05) is 49.7 Å². The van der Waals surface area contributed by atoms with Crippen molar-refractivity contribution in [1.29, 1.82) is 0 Å². The molecule has 3 aromatic rings. The third-order valence-corrected chi connectivity index (χ3v) is 7.56. The minimum Gasteiger partial charge on any atom is -0.394 e. The van der Waals surface area contributed by atoms with Crippen LogP contribution in [0, 0.1) is 0 Å². The molecule has 0 radical (unpaired) electrons. The minimum atomic E-state index is -1.31. The Morgan fingerprint density at radius 3 is 1.83 bits per heavy atom. The number of hydrogen-bond donors (Lipinski definition) is 6. The van der Waals surface area contributed by atoms with Gasteiger partial charge in [0.25, 0.3) is 0 Å². The van der Waals surface area contributed by atoms with E-state index in [0.717, 1.165) is 29.9 Å². The van der Waals surface area contributed by atoms with Crippen molar-refractivity contribution in [1.82, 2.24) is 16.0 Å². The van der Waals surface area contributed by atoms with Crippen LogP contribution in [0.3, 0.4) is 0 Å². The third-order valence-electron chi connectivity index (χ3n) is 7.56. The van der Waals surface area contributed by atoms with Crippen LogP contribution in [-0.2, 0) is 36.8 Å². The van der Waals surface area contributed by atoms with E-state index in [4.69, 9.17) is 4.74 Å². The van der Waals surface area contributed by atoms with E-state index >= 15 is 0 Å². The first-order chi connectivity index (χ1) is 22.4. The molecule has 0 saturated carbocycles. The molecule has 3 aromatic carbocycles. The normalized spacial score (nSPS) is 14.8. The lowest BCUT2D eigenvalue weighted by atomic mass is 10.0. The first kappa shape index (κ1) is 34.1. The highest BCUT2D eigenvalue weighted by atomic mass is 16.5. The Hall–Kier alpha value is -4.78. The molecule has 1 heterocycles. The Balaban J connectivity index is 1.37. The fourth-order valence-corrected chi connectivity index (χ4v) is 4.97. The van der Waals surface area contributed by atoms with Gasteiger partial charge >= 0.3 is 0 Å². The van der Waals surface area contributed by atoms with E-state index in [1.807, 2.05) is 48.5 Å². The van der Waals surface area contributed by atoms with Gasteiger partial charge in [0.2, 0.25) is 23.6 Å². The fraction of sp³-hybridized carbons (Fsp3) is 0.353. The maximum atomic E-state index is 13.4. The number of ether oxygens (including phenoxy) is 1. The SMILES string of the molecule is O=C(CCc1ccccc1)N[C@@H](CO)C(=O)N[C@@H](Cc1ccccc1)C(=O)N[C@@H](CO)C(=O)Nc1ccc(N2CCOCC2)cc1. The van der Waals surface area contributed by atoms with Crippen LogP contribution < -0.4 is 26.2 Å². The molecule has 0 aliphatic carbocycles. The molecular formula is C34H41N5O7. The van der Waals surface area contributed by atoms with Gasteiger partial charge < -0.3 is 41.1 Å². The van der Waals surface area contributed by atoms with E-state index in [1.165, 1.54) is 0 Å². The van der Waals surface area contributed by atoms with Crippen molar-refractivity contribution in [3.63, 3.8) is 0 Å². The van der Waals surface area contributed by atoms with E-state index < -0.39 is 55.0 Å². The first-order valence-corrected chi connectivity index (χ1v) is 15.3. The zero-order valence-corrected chi connectivity index (χ0v) is 25.6. The van der Waals surface area contributed by atoms with Gasteiger partial charge in [0.1, 0.15) is 18.1 Å². The van der Waals surface area contributed by atoms with Gasteiger partial charge in [-0.2, -0.15) is 0 Å². The maximum absolute atomic E-state index is 13.4. The number of benzene rings is 3. The second kappa shape index (κ2) is 17.6. The van der Waals surface area contributed by atoms with Crippen LogP contribution in [0.4, 0.5) is 11.4 Å². The molecular weight excluding hydrogens is 590 g/mol. The second-order valence-corrected chi connectivity index (χ2v) is 10.9. The van der Waals surface area contributed by atoms with Gasteiger partial charge in [0.15, 0.2) is 0 Å².